The summed E-state index contributed by atoms with van der Waals surface area (Å²) in [4.78, 5) is 28.5. The number of amides is 1. The predicted octanol–water partition coefficient (Wildman–Crippen LogP) is 1.87. The molecule has 0 atom stereocenters. The molecular formula is C16H21N3O2. The van der Waals surface area contributed by atoms with Gasteiger partial charge in [-0.25, -0.2) is 4.98 Å². The van der Waals surface area contributed by atoms with Crippen molar-refractivity contribution in [3.8, 4) is 0 Å². The first-order chi connectivity index (χ1) is 9.99. The zero-order chi connectivity index (χ0) is 15.4. The SMILES string of the molecule is Cc1cccc2c(=O)n(CC(=O)NCCC(C)C)cnc12. The van der Waals surface area contributed by atoms with Crippen molar-refractivity contribution < 1.29 is 4.79 Å². The van der Waals surface area contributed by atoms with Crippen molar-refractivity contribution in [3.05, 3.63) is 40.4 Å². The Morgan fingerprint density at radius 3 is 2.86 bits per heavy atom. The Hall–Kier alpha value is -2.17. The van der Waals surface area contributed by atoms with Crippen molar-refractivity contribution in [3.63, 3.8) is 0 Å². The van der Waals surface area contributed by atoms with Crippen LogP contribution >= 0.6 is 0 Å². The van der Waals surface area contributed by atoms with Gasteiger partial charge in [-0.2, -0.15) is 0 Å². The molecule has 0 aliphatic heterocycles. The maximum absolute atomic E-state index is 12.3. The standard InChI is InChI=1S/C16H21N3O2/c1-11(2)7-8-17-14(20)9-19-10-18-15-12(3)5-4-6-13(15)16(19)21/h4-6,10-11H,7-9H2,1-3H3,(H,17,20). The highest BCUT2D eigenvalue weighted by atomic mass is 16.2. The lowest BCUT2D eigenvalue weighted by Crippen LogP contribution is -2.33. The number of benzene rings is 1. The molecule has 2 rings (SSSR count). The van der Waals surface area contributed by atoms with E-state index in [0.29, 0.717) is 23.4 Å². The van der Waals surface area contributed by atoms with Gasteiger partial charge in [-0.1, -0.05) is 26.0 Å². The quantitative estimate of drug-likeness (QED) is 0.913. The molecule has 2 aromatic rings. The van der Waals surface area contributed by atoms with Crippen LogP contribution in [0.25, 0.3) is 10.9 Å². The predicted molar refractivity (Wildman–Crippen MR) is 83.2 cm³/mol. The highest BCUT2D eigenvalue weighted by Crippen LogP contribution is 2.11. The smallest absolute Gasteiger partial charge is 0.261 e. The third-order valence-electron chi connectivity index (χ3n) is 3.41. The normalized spacial score (nSPS) is 11.0. The maximum Gasteiger partial charge on any atom is 0.261 e. The van der Waals surface area contributed by atoms with Gasteiger partial charge in [-0.05, 0) is 30.9 Å². The maximum atomic E-state index is 12.3. The molecule has 5 heteroatoms. The van der Waals surface area contributed by atoms with Crippen LogP contribution in [-0.4, -0.2) is 22.0 Å². The van der Waals surface area contributed by atoms with Gasteiger partial charge < -0.3 is 5.32 Å². The minimum absolute atomic E-state index is 0.00775. The third kappa shape index (κ3) is 3.68. The van der Waals surface area contributed by atoms with Gasteiger partial charge in [0.15, 0.2) is 0 Å². The van der Waals surface area contributed by atoms with E-state index >= 15 is 0 Å². The van der Waals surface area contributed by atoms with Crippen LogP contribution in [0.3, 0.4) is 0 Å². The lowest BCUT2D eigenvalue weighted by atomic mass is 10.1. The summed E-state index contributed by atoms with van der Waals surface area (Å²) in [6.07, 6.45) is 2.37. The van der Waals surface area contributed by atoms with Gasteiger partial charge in [0, 0.05) is 6.54 Å². The van der Waals surface area contributed by atoms with Crippen LogP contribution in [0.4, 0.5) is 0 Å². The van der Waals surface area contributed by atoms with E-state index in [9.17, 15) is 9.59 Å². The molecule has 0 aliphatic carbocycles. The van der Waals surface area contributed by atoms with Gasteiger partial charge in [0.05, 0.1) is 17.2 Å². The van der Waals surface area contributed by atoms with E-state index < -0.39 is 0 Å². The number of fused-ring (bicyclic) bond motifs is 1. The van der Waals surface area contributed by atoms with Crippen LogP contribution in [0.2, 0.25) is 0 Å². The molecule has 1 N–H and O–H groups in total. The second-order valence-corrected chi connectivity index (χ2v) is 5.68. The summed E-state index contributed by atoms with van der Waals surface area (Å²) in [5.41, 5.74) is 1.47. The van der Waals surface area contributed by atoms with E-state index in [0.717, 1.165) is 12.0 Å². The minimum Gasteiger partial charge on any atom is -0.355 e. The van der Waals surface area contributed by atoms with Crippen molar-refractivity contribution in [1.82, 2.24) is 14.9 Å². The Balaban J connectivity index is 2.14. The average molecular weight is 287 g/mol. The van der Waals surface area contributed by atoms with Crippen LogP contribution in [0.1, 0.15) is 25.8 Å². The van der Waals surface area contributed by atoms with Crippen molar-refractivity contribution >= 4 is 16.8 Å². The Labute approximate surface area is 124 Å². The fourth-order valence-corrected chi connectivity index (χ4v) is 2.16. The summed E-state index contributed by atoms with van der Waals surface area (Å²) in [6.45, 7) is 6.76. The van der Waals surface area contributed by atoms with E-state index in [2.05, 4.69) is 24.1 Å². The number of carbonyl (C=O) groups excluding carboxylic acids is 1. The van der Waals surface area contributed by atoms with Gasteiger partial charge in [0.25, 0.3) is 5.56 Å². The lowest BCUT2D eigenvalue weighted by molar-refractivity contribution is -0.121. The van der Waals surface area contributed by atoms with E-state index in [4.69, 9.17) is 0 Å². The molecule has 0 unspecified atom stereocenters. The number of carbonyl (C=O) groups is 1. The molecule has 0 spiro atoms. The summed E-state index contributed by atoms with van der Waals surface area (Å²) in [5.74, 6) is 0.380. The monoisotopic (exact) mass is 287 g/mol. The molecule has 1 aromatic carbocycles. The van der Waals surface area contributed by atoms with Crippen LogP contribution in [0, 0.1) is 12.8 Å². The largest absolute Gasteiger partial charge is 0.355 e. The van der Waals surface area contributed by atoms with Crippen LogP contribution in [0.5, 0.6) is 0 Å². The van der Waals surface area contributed by atoms with Crippen LogP contribution in [0.15, 0.2) is 29.3 Å². The first-order valence-electron chi connectivity index (χ1n) is 7.20. The fraction of sp³-hybridized carbons (Fsp3) is 0.438. The molecule has 0 saturated carbocycles. The average Bonchev–Trinajstić information content (AvgIpc) is 2.42. The molecule has 112 valence electrons. The summed E-state index contributed by atoms with van der Waals surface area (Å²) in [7, 11) is 0. The van der Waals surface area contributed by atoms with E-state index in [1.54, 1.807) is 6.07 Å². The minimum atomic E-state index is -0.178. The van der Waals surface area contributed by atoms with Crippen molar-refractivity contribution in [2.24, 2.45) is 5.92 Å². The first-order valence-corrected chi connectivity index (χ1v) is 7.20. The van der Waals surface area contributed by atoms with Gasteiger partial charge in [-0.3, -0.25) is 14.2 Å². The van der Waals surface area contributed by atoms with Gasteiger partial charge in [0.2, 0.25) is 5.91 Å². The molecule has 1 amide bonds. The second-order valence-electron chi connectivity index (χ2n) is 5.68. The number of aromatic nitrogens is 2. The Morgan fingerprint density at radius 1 is 1.38 bits per heavy atom. The molecule has 5 nitrogen and oxygen atoms in total. The molecule has 0 bridgehead atoms. The molecule has 0 aliphatic rings. The molecule has 21 heavy (non-hydrogen) atoms. The first kappa shape index (κ1) is 15.2. The Morgan fingerprint density at radius 2 is 2.14 bits per heavy atom. The number of hydrogen-bond donors (Lipinski definition) is 1. The highest BCUT2D eigenvalue weighted by molar-refractivity contribution is 5.81. The van der Waals surface area contributed by atoms with Crippen molar-refractivity contribution in [2.75, 3.05) is 6.54 Å². The highest BCUT2D eigenvalue weighted by Gasteiger charge is 2.09. The molecular weight excluding hydrogens is 266 g/mol. The summed E-state index contributed by atoms with van der Waals surface area (Å²) in [6, 6.07) is 5.48. The molecule has 1 aromatic heterocycles. The zero-order valence-electron chi connectivity index (χ0n) is 12.7. The second kappa shape index (κ2) is 6.52. The zero-order valence-corrected chi connectivity index (χ0v) is 12.7. The van der Waals surface area contributed by atoms with Crippen LogP contribution < -0.4 is 10.9 Å². The van der Waals surface area contributed by atoms with Crippen molar-refractivity contribution in [2.45, 2.75) is 33.7 Å². The lowest BCUT2D eigenvalue weighted by Gasteiger charge is -2.09. The van der Waals surface area contributed by atoms with Crippen molar-refractivity contribution in [1.29, 1.82) is 0 Å². The fourth-order valence-electron chi connectivity index (χ4n) is 2.16. The number of hydrogen-bond acceptors (Lipinski definition) is 3. The van der Waals surface area contributed by atoms with Crippen LogP contribution in [-0.2, 0) is 11.3 Å². The number of aryl methyl sites for hydroxylation is 1. The molecule has 0 radical (unpaired) electrons. The number of nitrogens with zero attached hydrogens (tertiary/aromatic N) is 2. The van der Waals surface area contributed by atoms with Gasteiger partial charge in [0.1, 0.15) is 6.54 Å². The Kier molecular flexibility index (Phi) is 4.73. The number of rotatable bonds is 5. The van der Waals surface area contributed by atoms with E-state index in [1.807, 2.05) is 19.1 Å². The number of para-hydroxylation sites is 1. The summed E-state index contributed by atoms with van der Waals surface area (Å²) >= 11 is 0. The summed E-state index contributed by atoms with van der Waals surface area (Å²) in [5, 5.41) is 3.37. The Bertz CT molecular complexity index is 704. The topological polar surface area (TPSA) is 64.0 Å². The van der Waals surface area contributed by atoms with E-state index in [-0.39, 0.29) is 18.0 Å². The molecule has 0 fully saturated rings. The van der Waals surface area contributed by atoms with Gasteiger partial charge >= 0.3 is 0 Å². The summed E-state index contributed by atoms with van der Waals surface area (Å²) < 4.78 is 1.35. The number of nitrogens with one attached hydrogen (secondary N) is 1. The molecule has 1 heterocycles. The van der Waals surface area contributed by atoms with E-state index in [1.165, 1.54) is 10.9 Å². The molecule has 0 saturated heterocycles. The van der Waals surface area contributed by atoms with Gasteiger partial charge in [-0.15, -0.1) is 0 Å². The third-order valence-corrected chi connectivity index (χ3v) is 3.41.